The van der Waals surface area contributed by atoms with Crippen molar-refractivity contribution in [3.63, 3.8) is 0 Å². The number of ether oxygens (including phenoxy) is 1. The molecule has 0 aromatic heterocycles. The molecule has 0 N–H and O–H groups in total. The summed E-state index contributed by atoms with van der Waals surface area (Å²) in [5.74, 6) is 0.838. The Kier molecular flexibility index (Phi) is 1.90. The average Bonchev–Trinajstić information content (AvgIpc) is 2.41. The van der Waals surface area contributed by atoms with E-state index >= 15 is 0 Å². The van der Waals surface area contributed by atoms with Gasteiger partial charge < -0.3 is 9.64 Å². The fraction of sp³-hybridized carbons (Fsp3) is 1.00. The van der Waals surface area contributed by atoms with E-state index < -0.39 is 0 Å². The molecule has 1 aliphatic carbocycles. The third-order valence-electron chi connectivity index (χ3n) is 3.14. The highest BCUT2D eigenvalue weighted by molar-refractivity contribution is 4.92. The van der Waals surface area contributed by atoms with Gasteiger partial charge in [-0.1, -0.05) is 6.42 Å². The minimum Gasteiger partial charge on any atom is -0.376 e. The number of nitrogens with zero attached hydrogens (tertiary/aromatic N) is 1. The van der Waals surface area contributed by atoms with E-state index in [0.717, 1.165) is 12.5 Å². The van der Waals surface area contributed by atoms with Gasteiger partial charge in [0.05, 0.1) is 12.7 Å². The van der Waals surface area contributed by atoms with Gasteiger partial charge in [0.25, 0.3) is 0 Å². The van der Waals surface area contributed by atoms with Gasteiger partial charge in [0.1, 0.15) is 0 Å². The predicted molar refractivity (Wildman–Crippen MR) is 44.6 cm³/mol. The second-order valence-electron chi connectivity index (χ2n) is 4.00. The summed E-state index contributed by atoms with van der Waals surface area (Å²) >= 11 is 0. The lowest BCUT2D eigenvalue weighted by Gasteiger charge is -2.22. The first-order valence-electron chi connectivity index (χ1n) is 4.57. The second kappa shape index (κ2) is 2.76. The summed E-state index contributed by atoms with van der Waals surface area (Å²) < 4.78 is 5.71. The number of rotatable bonds is 1. The summed E-state index contributed by atoms with van der Waals surface area (Å²) in [6.07, 6.45) is 4.66. The molecule has 1 saturated carbocycles. The first-order valence-corrected chi connectivity index (χ1v) is 4.57. The SMILES string of the molecule is CN(C)C1CO[C@@H]2CCCC12. The minimum atomic E-state index is 0.599. The van der Waals surface area contributed by atoms with Crippen LogP contribution >= 0.6 is 0 Å². The van der Waals surface area contributed by atoms with Crippen LogP contribution in [0.25, 0.3) is 0 Å². The molecule has 2 heteroatoms. The third-order valence-corrected chi connectivity index (χ3v) is 3.14. The zero-order chi connectivity index (χ0) is 7.84. The van der Waals surface area contributed by atoms with Crippen LogP contribution in [0.15, 0.2) is 0 Å². The number of hydrogen-bond donors (Lipinski definition) is 0. The predicted octanol–water partition coefficient (Wildman–Crippen LogP) is 1.12. The number of likely N-dealkylation sites (N-methyl/N-ethyl adjacent to an activating group) is 1. The van der Waals surface area contributed by atoms with Crippen LogP contribution in [-0.2, 0) is 4.74 Å². The number of fused-ring (bicyclic) bond motifs is 1. The first-order chi connectivity index (χ1) is 5.29. The molecule has 64 valence electrons. The van der Waals surface area contributed by atoms with Crippen molar-refractivity contribution >= 4 is 0 Å². The molecular formula is C9H17NO. The van der Waals surface area contributed by atoms with E-state index in [-0.39, 0.29) is 0 Å². The lowest BCUT2D eigenvalue weighted by molar-refractivity contribution is 0.0982. The standard InChI is InChI=1S/C9H17NO/c1-10(2)8-6-11-9-5-3-4-7(8)9/h7-9H,3-6H2,1-2H3/t7?,8?,9-/m1/s1. The Bertz CT molecular complexity index is 146. The molecular weight excluding hydrogens is 138 g/mol. The molecule has 0 aromatic carbocycles. The summed E-state index contributed by atoms with van der Waals surface area (Å²) in [6, 6.07) is 0.697. The molecule has 2 unspecified atom stereocenters. The Labute approximate surface area is 68.5 Å². The van der Waals surface area contributed by atoms with Crippen LogP contribution < -0.4 is 0 Å². The van der Waals surface area contributed by atoms with Crippen molar-refractivity contribution < 1.29 is 4.74 Å². The van der Waals surface area contributed by atoms with Gasteiger partial charge >= 0.3 is 0 Å². The largest absolute Gasteiger partial charge is 0.376 e. The highest BCUT2D eigenvalue weighted by atomic mass is 16.5. The van der Waals surface area contributed by atoms with Crippen LogP contribution in [0.5, 0.6) is 0 Å². The molecule has 2 aliphatic rings. The molecule has 1 aliphatic heterocycles. The fourth-order valence-electron chi connectivity index (χ4n) is 2.48. The van der Waals surface area contributed by atoms with Crippen LogP contribution in [0.4, 0.5) is 0 Å². The van der Waals surface area contributed by atoms with Gasteiger partial charge in [0, 0.05) is 12.0 Å². The van der Waals surface area contributed by atoms with Gasteiger partial charge in [0.15, 0.2) is 0 Å². The van der Waals surface area contributed by atoms with Crippen LogP contribution in [0.3, 0.4) is 0 Å². The van der Waals surface area contributed by atoms with Crippen molar-refractivity contribution in [2.24, 2.45) is 5.92 Å². The molecule has 3 atom stereocenters. The third kappa shape index (κ3) is 1.18. The van der Waals surface area contributed by atoms with E-state index in [0.29, 0.717) is 12.1 Å². The molecule has 0 amide bonds. The quantitative estimate of drug-likeness (QED) is 0.562. The average molecular weight is 155 g/mol. The maximum absolute atomic E-state index is 5.71. The van der Waals surface area contributed by atoms with Crippen molar-refractivity contribution in [3.8, 4) is 0 Å². The summed E-state index contributed by atoms with van der Waals surface area (Å²) in [7, 11) is 4.32. The van der Waals surface area contributed by atoms with Gasteiger partial charge in [-0.05, 0) is 26.9 Å². The van der Waals surface area contributed by atoms with Crippen LogP contribution in [-0.4, -0.2) is 37.7 Å². The van der Waals surface area contributed by atoms with Crippen molar-refractivity contribution in [1.29, 1.82) is 0 Å². The van der Waals surface area contributed by atoms with E-state index in [9.17, 15) is 0 Å². The second-order valence-corrected chi connectivity index (χ2v) is 4.00. The van der Waals surface area contributed by atoms with Gasteiger partial charge in [0.2, 0.25) is 0 Å². The summed E-state index contributed by atoms with van der Waals surface area (Å²) in [5.41, 5.74) is 0. The molecule has 0 spiro atoms. The van der Waals surface area contributed by atoms with Gasteiger partial charge in [-0.2, -0.15) is 0 Å². The van der Waals surface area contributed by atoms with Crippen LogP contribution in [0.2, 0.25) is 0 Å². The fourth-order valence-corrected chi connectivity index (χ4v) is 2.48. The minimum absolute atomic E-state index is 0.599. The van der Waals surface area contributed by atoms with Crippen LogP contribution in [0.1, 0.15) is 19.3 Å². The van der Waals surface area contributed by atoms with Gasteiger partial charge in [-0.15, -0.1) is 0 Å². The van der Waals surface area contributed by atoms with Gasteiger partial charge in [-0.3, -0.25) is 0 Å². The lowest BCUT2D eigenvalue weighted by atomic mass is 9.99. The molecule has 2 rings (SSSR count). The molecule has 1 saturated heterocycles. The van der Waals surface area contributed by atoms with E-state index in [1.807, 2.05) is 0 Å². The van der Waals surface area contributed by atoms with E-state index in [1.165, 1.54) is 19.3 Å². The Morgan fingerprint density at radius 3 is 2.82 bits per heavy atom. The van der Waals surface area contributed by atoms with E-state index in [2.05, 4.69) is 19.0 Å². The molecule has 2 fully saturated rings. The number of hydrogen-bond acceptors (Lipinski definition) is 2. The van der Waals surface area contributed by atoms with Crippen LogP contribution in [0, 0.1) is 5.92 Å². The summed E-state index contributed by atoms with van der Waals surface area (Å²) in [4.78, 5) is 2.32. The zero-order valence-electron chi connectivity index (χ0n) is 7.42. The zero-order valence-corrected chi connectivity index (χ0v) is 7.42. The highest BCUT2D eigenvalue weighted by Gasteiger charge is 2.40. The molecule has 2 nitrogen and oxygen atoms in total. The molecule has 1 heterocycles. The van der Waals surface area contributed by atoms with E-state index in [1.54, 1.807) is 0 Å². The van der Waals surface area contributed by atoms with Crippen molar-refractivity contribution in [1.82, 2.24) is 4.90 Å². The monoisotopic (exact) mass is 155 g/mol. The Balaban J connectivity index is 2.03. The van der Waals surface area contributed by atoms with Gasteiger partial charge in [-0.25, -0.2) is 0 Å². The molecule has 0 bridgehead atoms. The maximum Gasteiger partial charge on any atom is 0.0629 e. The summed E-state index contributed by atoms with van der Waals surface area (Å²) in [5, 5.41) is 0. The van der Waals surface area contributed by atoms with Crippen molar-refractivity contribution in [2.45, 2.75) is 31.4 Å². The Hall–Kier alpha value is -0.0800. The molecule has 11 heavy (non-hydrogen) atoms. The van der Waals surface area contributed by atoms with Crippen molar-refractivity contribution in [3.05, 3.63) is 0 Å². The lowest BCUT2D eigenvalue weighted by Crippen LogP contribution is -2.34. The smallest absolute Gasteiger partial charge is 0.0629 e. The Morgan fingerprint density at radius 1 is 1.27 bits per heavy atom. The highest BCUT2D eigenvalue weighted by Crippen LogP contribution is 2.37. The summed E-state index contributed by atoms with van der Waals surface area (Å²) in [6.45, 7) is 0.961. The topological polar surface area (TPSA) is 12.5 Å². The molecule has 0 radical (unpaired) electrons. The molecule has 0 aromatic rings. The van der Waals surface area contributed by atoms with E-state index in [4.69, 9.17) is 4.74 Å². The first kappa shape index (κ1) is 7.56. The Morgan fingerprint density at radius 2 is 2.09 bits per heavy atom. The normalized spacial score (nSPS) is 43.4. The van der Waals surface area contributed by atoms with Crippen molar-refractivity contribution in [2.75, 3.05) is 20.7 Å². The maximum atomic E-state index is 5.71.